The summed E-state index contributed by atoms with van der Waals surface area (Å²) in [5.41, 5.74) is 0.931. The van der Waals surface area contributed by atoms with E-state index in [4.69, 9.17) is 4.42 Å². The first-order chi connectivity index (χ1) is 12.5. The number of carbonyl (C=O) groups is 2. The van der Waals surface area contributed by atoms with Gasteiger partial charge in [0.15, 0.2) is 0 Å². The molecule has 6 nitrogen and oxygen atoms in total. The topological polar surface area (TPSA) is 74.6 Å². The molecule has 1 aromatic carbocycles. The van der Waals surface area contributed by atoms with Gasteiger partial charge in [-0.1, -0.05) is 25.5 Å². The van der Waals surface area contributed by atoms with Crippen LogP contribution in [0.1, 0.15) is 42.8 Å². The fourth-order valence-corrected chi connectivity index (χ4v) is 2.50. The van der Waals surface area contributed by atoms with Crippen molar-refractivity contribution in [3.05, 3.63) is 54.0 Å². The van der Waals surface area contributed by atoms with Crippen LogP contribution < -0.4 is 10.6 Å². The van der Waals surface area contributed by atoms with E-state index in [-0.39, 0.29) is 17.9 Å². The number of anilines is 1. The van der Waals surface area contributed by atoms with E-state index in [0.717, 1.165) is 19.4 Å². The van der Waals surface area contributed by atoms with Crippen LogP contribution in [0.25, 0.3) is 0 Å². The second kappa shape index (κ2) is 9.77. The maximum atomic E-state index is 12.5. The Morgan fingerprint density at radius 2 is 1.96 bits per heavy atom. The van der Waals surface area contributed by atoms with Gasteiger partial charge in [-0.3, -0.25) is 14.5 Å². The maximum absolute atomic E-state index is 12.5. The molecule has 0 spiro atoms. The minimum absolute atomic E-state index is 0.130. The minimum Gasteiger partial charge on any atom is -0.467 e. The van der Waals surface area contributed by atoms with Crippen LogP contribution in [-0.4, -0.2) is 36.3 Å². The molecule has 1 unspecified atom stereocenters. The molecule has 0 aliphatic carbocycles. The number of furan rings is 1. The lowest BCUT2D eigenvalue weighted by atomic mass is 10.1. The number of para-hydroxylation sites is 1. The molecule has 26 heavy (non-hydrogen) atoms. The second-order valence-electron chi connectivity index (χ2n) is 6.31. The van der Waals surface area contributed by atoms with Crippen LogP contribution in [0.5, 0.6) is 0 Å². The van der Waals surface area contributed by atoms with Crippen molar-refractivity contribution in [1.82, 2.24) is 10.2 Å². The Morgan fingerprint density at radius 3 is 2.65 bits per heavy atom. The molecule has 1 atom stereocenters. The predicted octanol–water partition coefficient (Wildman–Crippen LogP) is 3.27. The molecule has 2 rings (SSSR count). The van der Waals surface area contributed by atoms with Crippen LogP contribution in [0, 0.1) is 0 Å². The van der Waals surface area contributed by atoms with Gasteiger partial charge >= 0.3 is 0 Å². The van der Waals surface area contributed by atoms with Crippen molar-refractivity contribution in [3.8, 4) is 0 Å². The van der Waals surface area contributed by atoms with Crippen LogP contribution in [0.3, 0.4) is 0 Å². The molecule has 2 aromatic rings. The van der Waals surface area contributed by atoms with Gasteiger partial charge in [0.2, 0.25) is 5.91 Å². The lowest BCUT2D eigenvalue weighted by Gasteiger charge is -2.24. The first-order valence-electron chi connectivity index (χ1n) is 8.93. The van der Waals surface area contributed by atoms with Crippen molar-refractivity contribution >= 4 is 17.5 Å². The molecule has 0 bridgehead atoms. The first-order valence-corrected chi connectivity index (χ1v) is 8.93. The van der Waals surface area contributed by atoms with E-state index in [1.165, 1.54) is 0 Å². The number of amides is 2. The van der Waals surface area contributed by atoms with Gasteiger partial charge in [0.05, 0.1) is 30.1 Å². The van der Waals surface area contributed by atoms with E-state index >= 15 is 0 Å². The van der Waals surface area contributed by atoms with E-state index in [1.54, 1.807) is 42.7 Å². The van der Waals surface area contributed by atoms with Crippen molar-refractivity contribution in [1.29, 1.82) is 0 Å². The van der Waals surface area contributed by atoms with Crippen molar-refractivity contribution < 1.29 is 14.0 Å². The molecular weight excluding hydrogens is 330 g/mol. The zero-order valence-electron chi connectivity index (χ0n) is 15.6. The van der Waals surface area contributed by atoms with Crippen LogP contribution in [0.15, 0.2) is 47.1 Å². The smallest absolute Gasteiger partial charge is 0.253 e. The number of nitrogens with one attached hydrogen (secondary N) is 2. The third kappa shape index (κ3) is 5.46. The van der Waals surface area contributed by atoms with E-state index in [9.17, 15) is 9.59 Å². The largest absolute Gasteiger partial charge is 0.467 e. The standard InChI is InChI=1S/C20H27N3O3/c1-4-5-12-23(3)15(2)19(24)22-18-11-7-6-10-17(18)20(25)21-14-16-9-8-13-26-16/h6-11,13,15H,4-5,12,14H2,1-3H3,(H,21,25)(H,22,24). The van der Waals surface area contributed by atoms with Gasteiger partial charge in [-0.05, 0) is 51.2 Å². The number of benzene rings is 1. The fourth-order valence-electron chi connectivity index (χ4n) is 2.50. The SMILES string of the molecule is CCCCN(C)C(C)C(=O)Nc1ccccc1C(=O)NCc1ccco1. The molecule has 2 amide bonds. The van der Waals surface area contributed by atoms with Crippen LogP contribution in [0.2, 0.25) is 0 Å². The highest BCUT2D eigenvalue weighted by atomic mass is 16.3. The number of unbranched alkanes of at least 4 members (excludes halogenated alkanes) is 1. The summed E-state index contributed by atoms with van der Waals surface area (Å²) in [5.74, 6) is 0.283. The Balaban J connectivity index is 2.01. The van der Waals surface area contributed by atoms with Crippen LogP contribution in [-0.2, 0) is 11.3 Å². The summed E-state index contributed by atoms with van der Waals surface area (Å²) in [6.07, 6.45) is 3.68. The van der Waals surface area contributed by atoms with E-state index in [1.807, 2.05) is 18.9 Å². The highest BCUT2D eigenvalue weighted by Crippen LogP contribution is 2.16. The highest BCUT2D eigenvalue weighted by Gasteiger charge is 2.20. The van der Waals surface area contributed by atoms with Crippen molar-refractivity contribution in [3.63, 3.8) is 0 Å². The molecule has 0 radical (unpaired) electrons. The first kappa shape index (κ1) is 19.7. The summed E-state index contributed by atoms with van der Waals surface area (Å²) >= 11 is 0. The van der Waals surface area contributed by atoms with Crippen LogP contribution in [0.4, 0.5) is 5.69 Å². The second-order valence-corrected chi connectivity index (χ2v) is 6.31. The monoisotopic (exact) mass is 357 g/mol. The molecule has 0 saturated heterocycles. The predicted molar refractivity (Wildman–Crippen MR) is 102 cm³/mol. The lowest BCUT2D eigenvalue weighted by molar-refractivity contribution is -0.120. The number of hydrogen-bond acceptors (Lipinski definition) is 4. The summed E-state index contributed by atoms with van der Waals surface area (Å²) in [5, 5.41) is 5.68. The van der Waals surface area contributed by atoms with Gasteiger partial charge in [0.1, 0.15) is 5.76 Å². The average Bonchev–Trinajstić information content (AvgIpc) is 3.17. The van der Waals surface area contributed by atoms with Gasteiger partial charge in [-0.25, -0.2) is 0 Å². The molecule has 0 fully saturated rings. The van der Waals surface area contributed by atoms with Gasteiger partial charge in [0, 0.05) is 0 Å². The van der Waals surface area contributed by atoms with E-state index in [0.29, 0.717) is 23.6 Å². The Kier molecular flexibility index (Phi) is 7.41. The van der Waals surface area contributed by atoms with Gasteiger partial charge in [0.25, 0.3) is 5.91 Å². The fraction of sp³-hybridized carbons (Fsp3) is 0.400. The van der Waals surface area contributed by atoms with Crippen molar-refractivity contribution in [2.24, 2.45) is 0 Å². The van der Waals surface area contributed by atoms with Gasteiger partial charge in [-0.15, -0.1) is 0 Å². The molecule has 0 aliphatic heterocycles. The number of hydrogen-bond donors (Lipinski definition) is 2. The third-order valence-corrected chi connectivity index (χ3v) is 4.34. The van der Waals surface area contributed by atoms with Crippen molar-refractivity contribution in [2.45, 2.75) is 39.3 Å². The van der Waals surface area contributed by atoms with Crippen LogP contribution >= 0.6 is 0 Å². The van der Waals surface area contributed by atoms with E-state index in [2.05, 4.69) is 17.6 Å². The van der Waals surface area contributed by atoms with E-state index < -0.39 is 0 Å². The zero-order valence-corrected chi connectivity index (χ0v) is 15.6. The minimum atomic E-state index is -0.277. The average molecular weight is 357 g/mol. The Labute approximate surface area is 154 Å². The molecule has 0 aliphatic rings. The summed E-state index contributed by atoms with van der Waals surface area (Å²) < 4.78 is 5.21. The quantitative estimate of drug-likeness (QED) is 0.722. The summed E-state index contributed by atoms with van der Waals surface area (Å²) in [7, 11) is 1.93. The van der Waals surface area contributed by atoms with Gasteiger partial charge in [-0.2, -0.15) is 0 Å². The zero-order chi connectivity index (χ0) is 18.9. The number of likely N-dealkylation sites (N-methyl/N-ethyl adjacent to an activating group) is 1. The number of nitrogens with zero attached hydrogens (tertiary/aromatic N) is 1. The maximum Gasteiger partial charge on any atom is 0.253 e. The molecule has 1 heterocycles. The Morgan fingerprint density at radius 1 is 1.19 bits per heavy atom. The summed E-state index contributed by atoms with van der Waals surface area (Å²) in [6.45, 7) is 5.14. The molecule has 6 heteroatoms. The molecular formula is C20H27N3O3. The van der Waals surface area contributed by atoms with Gasteiger partial charge < -0.3 is 15.1 Å². The molecule has 0 saturated carbocycles. The summed E-state index contributed by atoms with van der Waals surface area (Å²) in [6, 6.07) is 10.3. The molecule has 140 valence electrons. The summed E-state index contributed by atoms with van der Waals surface area (Å²) in [4.78, 5) is 27.0. The normalized spacial score (nSPS) is 12.0. The molecule has 2 N–H and O–H groups in total. The third-order valence-electron chi connectivity index (χ3n) is 4.34. The Bertz CT molecular complexity index is 713. The number of carbonyl (C=O) groups excluding carboxylic acids is 2. The number of rotatable bonds is 9. The lowest BCUT2D eigenvalue weighted by Crippen LogP contribution is -2.40. The molecule has 1 aromatic heterocycles. The highest BCUT2D eigenvalue weighted by molar-refractivity contribution is 6.04. The Hall–Kier alpha value is -2.60. The van der Waals surface area contributed by atoms with Crippen molar-refractivity contribution in [2.75, 3.05) is 18.9 Å².